The molecule has 1 aliphatic heterocycles. The molecule has 2 aromatic carbocycles. The van der Waals surface area contributed by atoms with Gasteiger partial charge in [-0.3, -0.25) is 9.59 Å². The molecule has 27 heavy (non-hydrogen) atoms. The van der Waals surface area contributed by atoms with Gasteiger partial charge in [-0.25, -0.2) is 5.01 Å². The topological polar surface area (TPSA) is 70.0 Å². The molecule has 0 bridgehead atoms. The van der Waals surface area contributed by atoms with Gasteiger partial charge in [0.1, 0.15) is 0 Å². The highest BCUT2D eigenvalue weighted by molar-refractivity contribution is 6.03. The summed E-state index contributed by atoms with van der Waals surface area (Å²) in [6.07, 6.45) is 2.09. The van der Waals surface area contributed by atoms with Gasteiger partial charge in [0.15, 0.2) is 0 Å². The molecule has 140 valence electrons. The summed E-state index contributed by atoms with van der Waals surface area (Å²) in [6.45, 7) is 2.11. The zero-order valence-electron chi connectivity index (χ0n) is 15.5. The third kappa shape index (κ3) is 4.61. The molecule has 5 heteroatoms. The van der Waals surface area contributed by atoms with Crippen molar-refractivity contribution in [2.75, 3.05) is 0 Å². The molecule has 0 aliphatic carbocycles. The number of nitrogens with zero attached hydrogens (tertiary/aromatic N) is 2. The van der Waals surface area contributed by atoms with Crippen LogP contribution in [-0.4, -0.2) is 27.7 Å². The molecule has 0 saturated heterocycles. The highest BCUT2D eigenvalue weighted by atomic mass is 16.4. The molecular weight excluding hydrogens is 340 g/mol. The van der Waals surface area contributed by atoms with E-state index in [9.17, 15) is 9.59 Å². The SMILES string of the molecule is CCc1cccc(C2=NN(C(=O)CCCC(=O)O)C(c3ccccc3)C2)c1. The Morgan fingerprint density at radius 2 is 1.89 bits per heavy atom. The Labute approximate surface area is 159 Å². The second kappa shape index (κ2) is 8.62. The summed E-state index contributed by atoms with van der Waals surface area (Å²) < 4.78 is 0. The number of aliphatic carboxylic acids is 1. The lowest BCUT2D eigenvalue weighted by molar-refractivity contribution is -0.137. The number of carboxylic acids is 1. The van der Waals surface area contributed by atoms with Crippen molar-refractivity contribution in [2.45, 2.75) is 45.1 Å². The largest absolute Gasteiger partial charge is 0.481 e. The first-order chi connectivity index (χ1) is 13.1. The van der Waals surface area contributed by atoms with Gasteiger partial charge in [-0.2, -0.15) is 5.10 Å². The Kier molecular flexibility index (Phi) is 6.01. The first-order valence-corrected chi connectivity index (χ1v) is 9.34. The fourth-order valence-corrected chi connectivity index (χ4v) is 3.33. The molecule has 1 atom stereocenters. The minimum Gasteiger partial charge on any atom is -0.481 e. The van der Waals surface area contributed by atoms with Crippen LogP contribution in [0, 0.1) is 0 Å². The van der Waals surface area contributed by atoms with E-state index < -0.39 is 5.97 Å². The first kappa shape index (κ1) is 18.8. The summed E-state index contributed by atoms with van der Waals surface area (Å²) >= 11 is 0. The minimum atomic E-state index is -0.885. The van der Waals surface area contributed by atoms with Crippen molar-refractivity contribution in [3.8, 4) is 0 Å². The Bertz CT molecular complexity index is 846. The van der Waals surface area contributed by atoms with Gasteiger partial charge in [0.05, 0.1) is 11.8 Å². The molecule has 0 aromatic heterocycles. The van der Waals surface area contributed by atoms with E-state index in [0.717, 1.165) is 23.3 Å². The maximum atomic E-state index is 12.7. The number of carboxylic acid groups (broad SMARTS) is 1. The summed E-state index contributed by atoms with van der Waals surface area (Å²) in [5, 5.41) is 15.0. The van der Waals surface area contributed by atoms with Gasteiger partial charge >= 0.3 is 5.97 Å². The summed E-state index contributed by atoms with van der Waals surface area (Å²) in [4.78, 5) is 23.5. The van der Waals surface area contributed by atoms with Crippen molar-refractivity contribution in [1.29, 1.82) is 0 Å². The lowest BCUT2D eigenvalue weighted by Crippen LogP contribution is -2.26. The molecule has 1 heterocycles. The highest BCUT2D eigenvalue weighted by Crippen LogP contribution is 2.33. The molecule has 1 N–H and O–H groups in total. The molecule has 1 amide bonds. The fraction of sp³-hybridized carbons (Fsp3) is 0.318. The van der Waals surface area contributed by atoms with Crippen LogP contribution in [0.2, 0.25) is 0 Å². The highest BCUT2D eigenvalue weighted by Gasteiger charge is 2.32. The van der Waals surface area contributed by atoms with Gasteiger partial charge in [-0.05, 0) is 35.6 Å². The van der Waals surface area contributed by atoms with Crippen molar-refractivity contribution in [1.82, 2.24) is 5.01 Å². The third-order valence-electron chi connectivity index (χ3n) is 4.80. The zero-order valence-corrected chi connectivity index (χ0v) is 15.5. The summed E-state index contributed by atoms with van der Waals surface area (Å²) in [7, 11) is 0. The molecule has 0 saturated carbocycles. The van der Waals surface area contributed by atoms with Gasteiger partial charge < -0.3 is 5.11 Å². The van der Waals surface area contributed by atoms with Gasteiger partial charge in [0.2, 0.25) is 5.91 Å². The van der Waals surface area contributed by atoms with Gasteiger partial charge in [0.25, 0.3) is 0 Å². The number of benzene rings is 2. The second-order valence-corrected chi connectivity index (χ2v) is 6.72. The average molecular weight is 364 g/mol. The molecule has 1 unspecified atom stereocenters. The first-order valence-electron chi connectivity index (χ1n) is 9.34. The van der Waals surface area contributed by atoms with Crippen LogP contribution in [0.4, 0.5) is 0 Å². The van der Waals surface area contributed by atoms with Crippen LogP contribution in [-0.2, 0) is 16.0 Å². The van der Waals surface area contributed by atoms with Crippen molar-refractivity contribution in [3.05, 3.63) is 71.3 Å². The van der Waals surface area contributed by atoms with E-state index in [0.29, 0.717) is 12.8 Å². The van der Waals surface area contributed by atoms with Crippen LogP contribution < -0.4 is 0 Å². The fourth-order valence-electron chi connectivity index (χ4n) is 3.33. The molecule has 0 fully saturated rings. The van der Waals surface area contributed by atoms with Crippen LogP contribution in [0.1, 0.15) is 55.3 Å². The number of hydrogen-bond acceptors (Lipinski definition) is 3. The molecular formula is C22H24N2O3. The van der Waals surface area contributed by atoms with E-state index in [1.165, 1.54) is 5.56 Å². The number of carbonyl (C=O) groups is 2. The molecule has 5 nitrogen and oxygen atoms in total. The number of hydrazone groups is 1. The number of aryl methyl sites for hydroxylation is 1. The summed E-state index contributed by atoms with van der Waals surface area (Å²) in [6, 6.07) is 18.0. The molecule has 2 aromatic rings. The van der Waals surface area contributed by atoms with Crippen LogP contribution >= 0.6 is 0 Å². The van der Waals surface area contributed by atoms with E-state index in [1.54, 1.807) is 5.01 Å². The third-order valence-corrected chi connectivity index (χ3v) is 4.80. The monoisotopic (exact) mass is 364 g/mol. The van der Waals surface area contributed by atoms with E-state index in [1.807, 2.05) is 42.5 Å². The lowest BCUT2D eigenvalue weighted by atomic mass is 9.97. The Balaban J connectivity index is 1.85. The summed E-state index contributed by atoms with van der Waals surface area (Å²) in [5.41, 5.74) is 4.20. The van der Waals surface area contributed by atoms with Crippen LogP contribution in [0.3, 0.4) is 0 Å². The second-order valence-electron chi connectivity index (χ2n) is 6.72. The molecule has 0 spiro atoms. The Morgan fingerprint density at radius 3 is 2.59 bits per heavy atom. The van der Waals surface area contributed by atoms with Crippen molar-refractivity contribution >= 4 is 17.6 Å². The van der Waals surface area contributed by atoms with E-state index >= 15 is 0 Å². The van der Waals surface area contributed by atoms with E-state index in [2.05, 4.69) is 24.2 Å². The Morgan fingerprint density at radius 1 is 1.11 bits per heavy atom. The molecule has 3 rings (SSSR count). The van der Waals surface area contributed by atoms with Crippen LogP contribution in [0.5, 0.6) is 0 Å². The van der Waals surface area contributed by atoms with Crippen LogP contribution in [0.25, 0.3) is 0 Å². The maximum Gasteiger partial charge on any atom is 0.303 e. The smallest absolute Gasteiger partial charge is 0.303 e. The quantitative estimate of drug-likeness (QED) is 0.801. The molecule has 0 radical (unpaired) electrons. The average Bonchev–Trinajstić information content (AvgIpc) is 3.14. The lowest BCUT2D eigenvalue weighted by Gasteiger charge is -2.22. The predicted octanol–water partition coefficient (Wildman–Crippen LogP) is 4.18. The summed E-state index contributed by atoms with van der Waals surface area (Å²) in [5.74, 6) is -1.02. The molecule has 1 aliphatic rings. The number of rotatable bonds is 7. The van der Waals surface area contributed by atoms with E-state index in [-0.39, 0.29) is 24.8 Å². The number of carbonyl (C=O) groups excluding carboxylic acids is 1. The van der Waals surface area contributed by atoms with E-state index in [4.69, 9.17) is 5.11 Å². The van der Waals surface area contributed by atoms with Crippen molar-refractivity contribution in [2.24, 2.45) is 5.10 Å². The normalized spacial score (nSPS) is 16.3. The maximum absolute atomic E-state index is 12.7. The number of amides is 1. The van der Waals surface area contributed by atoms with Gasteiger partial charge in [0, 0.05) is 19.3 Å². The predicted molar refractivity (Wildman–Crippen MR) is 104 cm³/mol. The van der Waals surface area contributed by atoms with Crippen molar-refractivity contribution in [3.63, 3.8) is 0 Å². The van der Waals surface area contributed by atoms with Crippen LogP contribution in [0.15, 0.2) is 59.7 Å². The zero-order chi connectivity index (χ0) is 19.2. The number of hydrogen-bond donors (Lipinski definition) is 1. The Hall–Kier alpha value is -2.95. The van der Waals surface area contributed by atoms with Crippen molar-refractivity contribution < 1.29 is 14.7 Å². The van der Waals surface area contributed by atoms with Gasteiger partial charge in [-0.15, -0.1) is 0 Å². The standard InChI is InChI=1S/C22H24N2O3/c1-2-16-8-6-11-18(14-16)19-15-20(17-9-4-3-5-10-17)24(23-19)21(25)12-7-13-22(26)27/h3-6,8-11,14,20H,2,7,12-13,15H2,1H3,(H,26,27). The van der Waals surface area contributed by atoms with Gasteiger partial charge in [-0.1, -0.05) is 55.5 Å². The minimum absolute atomic E-state index is 0.00923.